The Morgan fingerprint density at radius 3 is 2.48 bits per heavy atom. The van der Waals surface area contributed by atoms with Gasteiger partial charge in [-0.3, -0.25) is 5.32 Å². The quantitative estimate of drug-likeness (QED) is 0.541. The van der Waals surface area contributed by atoms with Gasteiger partial charge in [0.1, 0.15) is 6.67 Å². The molecule has 0 atom stereocenters. The molecule has 0 bridgehead atoms. The number of hydrogen-bond acceptors (Lipinski definition) is 11. The fourth-order valence-electron chi connectivity index (χ4n) is 1.67. The summed E-state index contributed by atoms with van der Waals surface area (Å²) >= 11 is 0.778. The summed E-state index contributed by atoms with van der Waals surface area (Å²) < 4.78 is 52.9. The molecule has 0 aliphatic heterocycles. The minimum Gasteiger partial charge on any atom is -0.467 e. The zero-order chi connectivity index (χ0) is 19.9. The third-order valence-corrected chi connectivity index (χ3v) is 5.51. The number of urea groups is 1. The highest BCUT2D eigenvalue weighted by atomic mass is 32.2. The summed E-state index contributed by atoms with van der Waals surface area (Å²) in [6, 6.07) is -1.42. The fourth-order valence-corrected chi connectivity index (χ4v) is 3.76. The van der Waals surface area contributed by atoms with Crippen LogP contribution in [0.25, 0.3) is 0 Å². The van der Waals surface area contributed by atoms with Crippen LogP contribution in [0.2, 0.25) is 0 Å². The lowest BCUT2D eigenvalue weighted by Crippen LogP contribution is -2.35. The molecule has 0 aliphatic rings. The standard InChI is InChI=1S/C12H15FN6O6S2/c1-23-11-16-9(17-12(18-11)24-2)15-10(20)19-27(21,22)8-7(14-6-26-8)5-25-4-3-13/h6H,3-5H2,1-2H3,(H2,15,16,17,18,19,20). The molecule has 0 aliphatic carbocycles. The molecule has 0 aromatic carbocycles. The average Bonchev–Trinajstić information content (AvgIpc) is 3.10. The van der Waals surface area contributed by atoms with E-state index in [9.17, 15) is 17.6 Å². The lowest BCUT2D eigenvalue weighted by molar-refractivity contribution is 0.103. The van der Waals surface area contributed by atoms with Gasteiger partial charge in [-0.2, -0.15) is 9.97 Å². The molecule has 2 heterocycles. The largest absolute Gasteiger partial charge is 0.467 e. The Morgan fingerprint density at radius 1 is 1.22 bits per heavy atom. The summed E-state index contributed by atoms with van der Waals surface area (Å²) in [5.41, 5.74) is 1.32. The van der Waals surface area contributed by atoms with Crippen molar-refractivity contribution in [1.29, 1.82) is 0 Å². The van der Waals surface area contributed by atoms with Crippen LogP contribution in [0, 0.1) is 0 Å². The maximum absolute atomic E-state index is 12.4. The van der Waals surface area contributed by atoms with Crippen LogP contribution in [0.3, 0.4) is 0 Å². The number of halogens is 1. The monoisotopic (exact) mass is 422 g/mol. The number of thiazole rings is 1. The maximum atomic E-state index is 12.4. The van der Waals surface area contributed by atoms with E-state index in [0.29, 0.717) is 0 Å². The maximum Gasteiger partial charge on any atom is 0.335 e. The van der Waals surface area contributed by atoms with Gasteiger partial charge in [0.05, 0.1) is 38.6 Å². The summed E-state index contributed by atoms with van der Waals surface area (Å²) in [5.74, 6) is -0.290. The van der Waals surface area contributed by atoms with Crippen molar-refractivity contribution in [3.8, 4) is 12.0 Å². The van der Waals surface area contributed by atoms with Gasteiger partial charge in [0.2, 0.25) is 5.95 Å². The molecule has 2 aromatic rings. The number of ether oxygens (including phenoxy) is 3. The zero-order valence-corrected chi connectivity index (χ0v) is 15.8. The Bertz CT molecular complexity index is 870. The smallest absolute Gasteiger partial charge is 0.335 e. The van der Waals surface area contributed by atoms with Gasteiger partial charge in [-0.1, -0.05) is 0 Å². The van der Waals surface area contributed by atoms with Crippen LogP contribution < -0.4 is 19.5 Å². The Morgan fingerprint density at radius 2 is 1.89 bits per heavy atom. The number of rotatable bonds is 9. The number of carbonyl (C=O) groups is 1. The van der Waals surface area contributed by atoms with Crippen LogP contribution in [-0.4, -0.2) is 61.9 Å². The van der Waals surface area contributed by atoms with Crippen molar-refractivity contribution in [1.82, 2.24) is 24.7 Å². The van der Waals surface area contributed by atoms with E-state index in [1.807, 2.05) is 0 Å². The lowest BCUT2D eigenvalue weighted by Gasteiger charge is -2.09. The van der Waals surface area contributed by atoms with Crippen molar-refractivity contribution < 1.29 is 31.8 Å². The zero-order valence-electron chi connectivity index (χ0n) is 14.1. The van der Waals surface area contributed by atoms with Gasteiger partial charge >= 0.3 is 18.1 Å². The van der Waals surface area contributed by atoms with E-state index in [2.05, 4.69) is 25.3 Å². The van der Waals surface area contributed by atoms with Crippen LogP contribution in [-0.2, 0) is 21.4 Å². The Kier molecular flexibility index (Phi) is 7.14. The first-order valence-corrected chi connectivity index (χ1v) is 9.49. The Labute approximate surface area is 157 Å². The molecule has 27 heavy (non-hydrogen) atoms. The topological polar surface area (TPSA) is 155 Å². The summed E-state index contributed by atoms with van der Waals surface area (Å²) in [6.45, 7) is -1.13. The average molecular weight is 422 g/mol. The molecule has 2 rings (SSSR count). The van der Waals surface area contributed by atoms with Gasteiger partial charge in [-0.25, -0.2) is 27.3 Å². The van der Waals surface area contributed by atoms with Crippen molar-refractivity contribution >= 4 is 33.3 Å². The first kappa shape index (κ1) is 20.7. The number of anilines is 1. The lowest BCUT2D eigenvalue weighted by atomic mass is 10.5. The molecule has 0 saturated carbocycles. The molecule has 12 nitrogen and oxygen atoms in total. The molecule has 2 amide bonds. The van der Waals surface area contributed by atoms with Crippen molar-refractivity contribution in [2.45, 2.75) is 10.8 Å². The second-order valence-electron chi connectivity index (χ2n) is 4.52. The minimum atomic E-state index is -4.25. The van der Waals surface area contributed by atoms with Crippen molar-refractivity contribution in [2.24, 2.45) is 0 Å². The van der Waals surface area contributed by atoms with Gasteiger partial charge in [0.25, 0.3) is 10.0 Å². The van der Waals surface area contributed by atoms with E-state index in [4.69, 9.17) is 14.2 Å². The van der Waals surface area contributed by atoms with Gasteiger partial charge in [0, 0.05) is 0 Å². The summed E-state index contributed by atoms with van der Waals surface area (Å²) in [7, 11) is -1.67. The second kappa shape index (κ2) is 9.33. The van der Waals surface area contributed by atoms with E-state index in [0.717, 1.165) is 11.3 Å². The number of carbonyl (C=O) groups excluding carboxylic acids is 1. The van der Waals surface area contributed by atoms with Crippen LogP contribution in [0.15, 0.2) is 9.72 Å². The van der Waals surface area contributed by atoms with Crippen molar-refractivity contribution in [3.05, 3.63) is 11.2 Å². The van der Waals surface area contributed by atoms with E-state index in [1.165, 1.54) is 19.7 Å². The number of sulfonamides is 1. The molecule has 0 radical (unpaired) electrons. The predicted octanol–water partition coefficient (Wildman–Crippen LogP) is 0.342. The number of methoxy groups -OCH3 is 2. The Hall–Kier alpha value is -2.65. The number of aromatic nitrogens is 4. The van der Waals surface area contributed by atoms with Crippen LogP contribution in [0.1, 0.15) is 5.69 Å². The predicted molar refractivity (Wildman–Crippen MR) is 90.0 cm³/mol. The van der Waals surface area contributed by atoms with E-state index >= 15 is 0 Å². The van der Waals surface area contributed by atoms with Crippen LogP contribution >= 0.6 is 11.3 Å². The van der Waals surface area contributed by atoms with Gasteiger partial charge < -0.3 is 14.2 Å². The molecule has 0 fully saturated rings. The molecule has 0 saturated heterocycles. The second-order valence-corrected chi connectivity index (χ2v) is 7.25. The molecule has 15 heteroatoms. The highest BCUT2D eigenvalue weighted by Gasteiger charge is 2.24. The molecular weight excluding hydrogens is 407 g/mol. The number of nitrogens with zero attached hydrogens (tertiary/aromatic N) is 4. The number of amides is 2. The summed E-state index contributed by atoms with van der Waals surface area (Å²) in [5, 5.41) is 2.13. The normalized spacial score (nSPS) is 11.1. The highest BCUT2D eigenvalue weighted by Crippen LogP contribution is 2.21. The van der Waals surface area contributed by atoms with Crippen LogP contribution in [0.4, 0.5) is 15.1 Å². The Balaban J connectivity index is 2.10. The van der Waals surface area contributed by atoms with Crippen LogP contribution in [0.5, 0.6) is 12.0 Å². The minimum absolute atomic E-state index is 0.0530. The third-order valence-electron chi connectivity index (χ3n) is 2.72. The van der Waals surface area contributed by atoms with Gasteiger partial charge in [0.15, 0.2) is 4.21 Å². The van der Waals surface area contributed by atoms with Crippen molar-refractivity contribution in [3.63, 3.8) is 0 Å². The first-order valence-electron chi connectivity index (χ1n) is 7.13. The number of hydrogen-bond donors (Lipinski definition) is 2. The van der Waals surface area contributed by atoms with E-state index in [1.54, 1.807) is 4.72 Å². The molecule has 0 unspecified atom stereocenters. The van der Waals surface area contributed by atoms with Gasteiger partial charge in [-0.15, -0.1) is 16.3 Å². The summed E-state index contributed by atoms with van der Waals surface area (Å²) in [4.78, 5) is 27.1. The highest BCUT2D eigenvalue weighted by molar-refractivity contribution is 7.92. The van der Waals surface area contributed by atoms with E-state index in [-0.39, 0.29) is 41.1 Å². The molecule has 0 spiro atoms. The number of nitrogens with one attached hydrogen (secondary N) is 2. The fraction of sp³-hybridized carbons (Fsp3) is 0.417. The molecule has 2 N–H and O–H groups in total. The first-order chi connectivity index (χ1) is 12.9. The number of alkyl halides is 1. The molecule has 2 aromatic heterocycles. The molecule has 148 valence electrons. The van der Waals surface area contributed by atoms with E-state index < -0.39 is 22.7 Å². The SMILES string of the molecule is COc1nc(NC(=O)NS(=O)(=O)c2scnc2COCCF)nc(OC)n1. The molecular formula is C12H15FN6O6S2. The summed E-state index contributed by atoms with van der Waals surface area (Å²) in [6.07, 6.45) is 0. The van der Waals surface area contributed by atoms with Crippen molar-refractivity contribution in [2.75, 3.05) is 32.8 Å². The van der Waals surface area contributed by atoms with Gasteiger partial charge in [-0.05, 0) is 0 Å². The third kappa shape index (κ3) is 5.66.